The Kier molecular flexibility index (Phi) is 3.85. The number of nitrogens with two attached hydrogens (primary N) is 1. The lowest BCUT2D eigenvalue weighted by Crippen LogP contribution is -2.41. The van der Waals surface area contributed by atoms with Crippen molar-refractivity contribution in [1.82, 2.24) is 0 Å². The lowest BCUT2D eigenvalue weighted by molar-refractivity contribution is -0.290. The number of rotatable bonds is 3. The van der Waals surface area contributed by atoms with Crippen LogP contribution in [-0.4, -0.2) is 18.7 Å². The van der Waals surface area contributed by atoms with Crippen molar-refractivity contribution in [3.05, 3.63) is 22.7 Å². The molecule has 0 fully saturated rings. The SMILES string of the molecule is Nc1ccc(Br)c(OCC(F)(F)C(F)(F)F)c1. The number of hydrogen-bond donors (Lipinski definition) is 1. The summed E-state index contributed by atoms with van der Waals surface area (Å²) in [6.45, 7) is -1.79. The molecule has 0 saturated carbocycles. The molecule has 2 N–H and O–H groups in total. The van der Waals surface area contributed by atoms with E-state index < -0.39 is 18.7 Å². The minimum Gasteiger partial charge on any atom is -0.486 e. The topological polar surface area (TPSA) is 35.2 Å². The van der Waals surface area contributed by atoms with Gasteiger partial charge in [-0.25, -0.2) is 0 Å². The second kappa shape index (κ2) is 4.67. The third-order valence-corrected chi connectivity index (χ3v) is 2.43. The standard InChI is InChI=1S/C9H7BrF5NO/c10-6-2-1-5(16)3-7(6)17-4-8(11,12)9(13,14)15/h1-3H,4,16H2. The fraction of sp³-hybridized carbons (Fsp3) is 0.333. The molecule has 0 aliphatic carbocycles. The fourth-order valence-electron chi connectivity index (χ4n) is 0.881. The summed E-state index contributed by atoms with van der Waals surface area (Å²) < 4.78 is 65.3. The van der Waals surface area contributed by atoms with Gasteiger partial charge in [0.2, 0.25) is 0 Å². The van der Waals surface area contributed by atoms with Gasteiger partial charge in [0, 0.05) is 11.8 Å². The normalized spacial score (nSPS) is 12.6. The molecule has 0 aliphatic rings. The first-order valence-corrected chi connectivity index (χ1v) is 5.05. The van der Waals surface area contributed by atoms with Crippen LogP contribution in [0.5, 0.6) is 5.75 Å². The Morgan fingerprint density at radius 2 is 1.76 bits per heavy atom. The first kappa shape index (κ1) is 14.0. The van der Waals surface area contributed by atoms with Gasteiger partial charge < -0.3 is 10.5 Å². The number of anilines is 1. The fourth-order valence-corrected chi connectivity index (χ4v) is 1.24. The molecular formula is C9H7BrF5NO. The number of hydrogen-bond acceptors (Lipinski definition) is 2. The highest BCUT2D eigenvalue weighted by Gasteiger charge is 2.58. The number of benzene rings is 1. The van der Waals surface area contributed by atoms with E-state index in [1.165, 1.54) is 12.1 Å². The zero-order chi connectivity index (χ0) is 13.3. The highest BCUT2D eigenvalue weighted by Crippen LogP contribution is 2.36. The smallest absolute Gasteiger partial charge is 0.456 e. The van der Waals surface area contributed by atoms with Gasteiger partial charge in [-0.1, -0.05) is 0 Å². The molecule has 1 rings (SSSR count). The Hall–Kier alpha value is -1.05. The van der Waals surface area contributed by atoms with Crippen LogP contribution in [0.1, 0.15) is 0 Å². The average molecular weight is 320 g/mol. The molecule has 0 spiro atoms. The Morgan fingerprint density at radius 1 is 1.18 bits per heavy atom. The maximum atomic E-state index is 12.6. The van der Waals surface area contributed by atoms with E-state index in [1.807, 2.05) is 0 Å². The summed E-state index contributed by atoms with van der Waals surface area (Å²) in [6.07, 6.45) is -5.64. The molecule has 0 aliphatic heterocycles. The van der Waals surface area contributed by atoms with Crippen LogP contribution in [0.15, 0.2) is 22.7 Å². The number of nitrogen functional groups attached to an aromatic ring is 1. The Labute approximate surface area is 102 Å². The summed E-state index contributed by atoms with van der Waals surface area (Å²) in [7, 11) is 0. The predicted octanol–water partition coefficient (Wildman–Crippen LogP) is 3.61. The molecule has 8 heteroatoms. The lowest BCUT2D eigenvalue weighted by atomic mass is 10.3. The van der Waals surface area contributed by atoms with Crippen molar-refractivity contribution in [3.63, 3.8) is 0 Å². The van der Waals surface area contributed by atoms with E-state index in [9.17, 15) is 22.0 Å². The van der Waals surface area contributed by atoms with E-state index in [4.69, 9.17) is 5.73 Å². The van der Waals surface area contributed by atoms with E-state index in [1.54, 1.807) is 0 Å². The van der Waals surface area contributed by atoms with Gasteiger partial charge in [-0.05, 0) is 28.1 Å². The van der Waals surface area contributed by atoms with Crippen LogP contribution in [-0.2, 0) is 0 Å². The first-order chi connectivity index (χ1) is 7.63. The van der Waals surface area contributed by atoms with Crippen LogP contribution in [0.3, 0.4) is 0 Å². The van der Waals surface area contributed by atoms with Crippen LogP contribution in [0.2, 0.25) is 0 Å². The van der Waals surface area contributed by atoms with Crippen molar-refractivity contribution < 1.29 is 26.7 Å². The highest BCUT2D eigenvalue weighted by molar-refractivity contribution is 9.10. The van der Waals surface area contributed by atoms with Gasteiger partial charge in [0.15, 0.2) is 6.61 Å². The summed E-state index contributed by atoms with van der Waals surface area (Å²) in [5.74, 6) is -5.08. The van der Waals surface area contributed by atoms with Gasteiger partial charge in [0.1, 0.15) is 5.75 Å². The van der Waals surface area contributed by atoms with Gasteiger partial charge >= 0.3 is 12.1 Å². The van der Waals surface area contributed by atoms with Crippen LogP contribution in [0.25, 0.3) is 0 Å². The molecule has 1 aromatic carbocycles. The minimum absolute atomic E-state index is 0.172. The second-order valence-electron chi connectivity index (χ2n) is 3.18. The van der Waals surface area contributed by atoms with Gasteiger partial charge in [-0.15, -0.1) is 0 Å². The zero-order valence-electron chi connectivity index (χ0n) is 8.19. The maximum Gasteiger partial charge on any atom is 0.456 e. The summed E-state index contributed by atoms with van der Waals surface area (Å²) >= 11 is 2.94. The largest absolute Gasteiger partial charge is 0.486 e. The van der Waals surface area contributed by atoms with Crippen molar-refractivity contribution in [2.45, 2.75) is 12.1 Å². The van der Waals surface area contributed by atoms with Crippen molar-refractivity contribution >= 4 is 21.6 Å². The number of halogens is 6. The van der Waals surface area contributed by atoms with Crippen LogP contribution in [0, 0.1) is 0 Å². The van der Waals surface area contributed by atoms with Crippen molar-refractivity contribution in [2.24, 2.45) is 0 Å². The Morgan fingerprint density at radius 3 is 2.29 bits per heavy atom. The summed E-state index contributed by atoms with van der Waals surface area (Å²) in [4.78, 5) is 0. The summed E-state index contributed by atoms with van der Waals surface area (Å²) in [6, 6.07) is 3.98. The Balaban J connectivity index is 2.77. The van der Waals surface area contributed by atoms with Gasteiger partial charge in [0.05, 0.1) is 4.47 Å². The van der Waals surface area contributed by atoms with Crippen LogP contribution >= 0.6 is 15.9 Å². The molecule has 0 amide bonds. The second-order valence-corrected chi connectivity index (χ2v) is 4.04. The van der Waals surface area contributed by atoms with Crippen LogP contribution in [0.4, 0.5) is 27.6 Å². The Bertz CT molecular complexity index is 407. The van der Waals surface area contributed by atoms with E-state index in [0.29, 0.717) is 0 Å². The number of ether oxygens (including phenoxy) is 1. The molecular weight excluding hydrogens is 313 g/mol. The molecule has 17 heavy (non-hydrogen) atoms. The monoisotopic (exact) mass is 319 g/mol. The molecule has 96 valence electrons. The third kappa shape index (κ3) is 3.45. The minimum atomic E-state index is -5.64. The van der Waals surface area contributed by atoms with E-state index in [0.717, 1.165) is 6.07 Å². The molecule has 2 nitrogen and oxygen atoms in total. The summed E-state index contributed by atoms with van der Waals surface area (Å²) in [5.41, 5.74) is 5.54. The molecule has 0 atom stereocenters. The van der Waals surface area contributed by atoms with Gasteiger partial charge in [-0.3, -0.25) is 0 Å². The quantitative estimate of drug-likeness (QED) is 0.682. The number of alkyl halides is 5. The predicted molar refractivity (Wildman–Crippen MR) is 55.1 cm³/mol. The summed E-state index contributed by atoms with van der Waals surface area (Å²) in [5, 5.41) is 0. The zero-order valence-corrected chi connectivity index (χ0v) is 9.78. The first-order valence-electron chi connectivity index (χ1n) is 4.26. The molecule has 1 aromatic rings. The van der Waals surface area contributed by atoms with Crippen LogP contribution < -0.4 is 10.5 Å². The molecule has 0 heterocycles. The third-order valence-electron chi connectivity index (χ3n) is 1.78. The van der Waals surface area contributed by atoms with Gasteiger partial charge in [0.25, 0.3) is 0 Å². The molecule has 0 saturated heterocycles. The van der Waals surface area contributed by atoms with Crippen molar-refractivity contribution in [2.75, 3.05) is 12.3 Å². The van der Waals surface area contributed by atoms with E-state index >= 15 is 0 Å². The lowest BCUT2D eigenvalue weighted by Gasteiger charge is -2.20. The van der Waals surface area contributed by atoms with Gasteiger partial charge in [-0.2, -0.15) is 22.0 Å². The van der Waals surface area contributed by atoms with Crippen molar-refractivity contribution in [1.29, 1.82) is 0 Å². The molecule has 0 bridgehead atoms. The van der Waals surface area contributed by atoms with E-state index in [-0.39, 0.29) is 15.9 Å². The highest BCUT2D eigenvalue weighted by atomic mass is 79.9. The van der Waals surface area contributed by atoms with E-state index in [2.05, 4.69) is 20.7 Å². The molecule has 0 aromatic heterocycles. The molecule has 0 unspecified atom stereocenters. The average Bonchev–Trinajstić information content (AvgIpc) is 2.18. The maximum absolute atomic E-state index is 12.6. The van der Waals surface area contributed by atoms with Crippen molar-refractivity contribution in [3.8, 4) is 5.75 Å². The molecule has 0 radical (unpaired) electrons.